The van der Waals surface area contributed by atoms with Gasteiger partial charge in [0.05, 0.1) is 13.7 Å². The standard InChI is InChI=1S/C30H41ClF3N3O6/c1-4-5-12-41-13-7-10-25(35-2)19-37-28(38)23-15-22(17-26(18-23)43-20-30(32,33)34)27(21-8-6-9-24(31)16-21)42-14-11-36-29(39)40-3/h6,8-9,15-18,25,27,35H,4-5,7,10-14,19-20H2,1-3H3,(H,36,39)(H,37,38)/t25-,27?/m0/s1. The molecule has 0 saturated heterocycles. The normalized spacial score (nSPS) is 12.8. The average molecular weight is 632 g/mol. The number of carbonyl (C=O) groups is 2. The van der Waals surface area contributed by atoms with E-state index in [4.69, 9.17) is 25.8 Å². The molecule has 0 spiro atoms. The van der Waals surface area contributed by atoms with Crippen LogP contribution in [0.2, 0.25) is 5.02 Å². The molecule has 0 fully saturated rings. The lowest BCUT2D eigenvalue weighted by molar-refractivity contribution is -0.153. The van der Waals surface area contributed by atoms with Gasteiger partial charge in [-0.1, -0.05) is 37.1 Å². The van der Waals surface area contributed by atoms with Gasteiger partial charge in [0.1, 0.15) is 11.9 Å². The van der Waals surface area contributed by atoms with E-state index in [1.807, 2.05) is 0 Å². The fourth-order valence-electron chi connectivity index (χ4n) is 4.06. The van der Waals surface area contributed by atoms with Crippen molar-refractivity contribution < 1.29 is 41.7 Å². The second-order valence-corrected chi connectivity index (χ2v) is 10.2. The smallest absolute Gasteiger partial charge is 0.422 e. The Morgan fingerprint density at radius 1 is 1.00 bits per heavy atom. The first-order valence-electron chi connectivity index (χ1n) is 14.1. The Morgan fingerprint density at radius 3 is 2.44 bits per heavy atom. The molecule has 2 aromatic rings. The zero-order chi connectivity index (χ0) is 31.7. The first kappa shape index (κ1) is 36.1. The van der Waals surface area contributed by atoms with Gasteiger partial charge in [0.2, 0.25) is 0 Å². The van der Waals surface area contributed by atoms with Crippen LogP contribution in [0.4, 0.5) is 18.0 Å². The molecule has 2 rings (SSSR count). The van der Waals surface area contributed by atoms with Crippen LogP contribution in [0.5, 0.6) is 5.75 Å². The summed E-state index contributed by atoms with van der Waals surface area (Å²) in [4.78, 5) is 24.7. The molecule has 13 heteroatoms. The molecule has 240 valence electrons. The molecule has 9 nitrogen and oxygen atoms in total. The van der Waals surface area contributed by atoms with Crippen molar-refractivity contribution in [2.75, 3.05) is 53.7 Å². The third kappa shape index (κ3) is 14.3. The molecular weight excluding hydrogens is 591 g/mol. The molecule has 0 heterocycles. The monoisotopic (exact) mass is 631 g/mol. The lowest BCUT2D eigenvalue weighted by Crippen LogP contribution is -2.39. The summed E-state index contributed by atoms with van der Waals surface area (Å²) < 4.78 is 60.2. The third-order valence-electron chi connectivity index (χ3n) is 6.29. The van der Waals surface area contributed by atoms with E-state index >= 15 is 0 Å². The molecule has 0 bridgehead atoms. The van der Waals surface area contributed by atoms with E-state index in [0.717, 1.165) is 25.7 Å². The van der Waals surface area contributed by atoms with Gasteiger partial charge in [-0.15, -0.1) is 0 Å². The highest BCUT2D eigenvalue weighted by Crippen LogP contribution is 2.32. The number of amides is 2. The largest absolute Gasteiger partial charge is 0.484 e. The molecule has 0 aliphatic heterocycles. The zero-order valence-corrected chi connectivity index (χ0v) is 25.5. The highest BCUT2D eigenvalue weighted by Gasteiger charge is 2.29. The molecule has 2 amide bonds. The quantitative estimate of drug-likeness (QED) is 0.172. The number of nitrogens with one attached hydrogen (secondary N) is 3. The van der Waals surface area contributed by atoms with E-state index in [0.29, 0.717) is 35.9 Å². The number of alkyl halides is 3. The number of carbonyl (C=O) groups excluding carboxylic acids is 2. The fourth-order valence-corrected chi connectivity index (χ4v) is 4.26. The minimum absolute atomic E-state index is 0.0213. The second-order valence-electron chi connectivity index (χ2n) is 9.72. The van der Waals surface area contributed by atoms with Crippen molar-refractivity contribution in [1.29, 1.82) is 0 Å². The van der Waals surface area contributed by atoms with Crippen molar-refractivity contribution in [3.8, 4) is 5.75 Å². The number of hydrogen-bond acceptors (Lipinski definition) is 7. The summed E-state index contributed by atoms with van der Waals surface area (Å²) in [6, 6.07) is 10.9. The number of benzene rings is 2. The van der Waals surface area contributed by atoms with E-state index in [9.17, 15) is 22.8 Å². The van der Waals surface area contributed by atoms with E-state index in [1.54, 1.807) is 31.3 Å². The van der Waals surface area contributed by atoms with Gasteiger partial charge < -0.3 is 34.9 Å². The first-order chi connectivity index (χ1) is 20.6. The number of ether oxygens (including phenoxy) is 4. The summed E-state index contributed by atoms with van der Waals surface area (Å²) in [6.45, 7) is 2.30. The SMILES string of the molecule is CCCCOCCC[C@@H](CNC(=O)c1cc(OCC(F)(F)F)cc(C(OCCNC(=O)OC)c2cccc(Cl)c2)c1)NC. The van der Waals surface area contributed by atoms with Gasteiger partial charge >= 0.3 is 12.3 Å². The molecule has 2 atom stereocenters. The predicted octanol–water partition coefficient (Wildman–Crippen LogP) is 5.66. The Morgan fingerprint density at radius 2 is 1.77 bits per heavy atom. The van der Waals surface area contributed by atoms with E-state index in [2.05, 4.69) is 27.6 Å². The molecule has 2 aromatic carbocycles. The van der Waals surface area contributed by atoms with Gasteiger partial charge in [0.25, 0.3) is 5.91 Å². The molecule has 0 saturated carbocycles. The van der Waals surface area contributed by atoms with Crippen molar-refractivity contribution in [3.05, 3.63) is 64.2 Å². The second kappa shape index (κ2) is 19.3. The number of likely N-dealkylation sites (N-methyl/N-ethyl adjacent to an activating group) is 1. The Bertz CT molecular complexity index is 1140. The highest BCUT2D eigenvalue weighted by atomic mass is 35.5. The maximum atomic E-state index is 13.2. The van der Waals surface area contributed by atoms with Crippen LogP contribution in [0.1, 0.15) is 60.2 Å². The van der Waals surface area contributed by atoms with Crippen molar-refractivity contribution in [3.63, 3.8) is 0 Å². The van der Waals surface area contributed by atoms with Gasteiger partial charge in [0.15, 0.2) is 6.61 Å². The van der Waals surface area contributed by atoms with Crippen LogP contribution in [-0.4, -0.2) is 77.9 Å². The van der Waals surface area contributed by atoms with Crippen LogP contribution in [0.3, 0.4) is 0 Å². The minimum Gasteiger partial charge on any atom is -0.484 e. The molecule has 1 unspecified atom stereocenters. The van der Waals surface area contributed by atoms with E-state index in [1.165, 1.54) is 25.3 Å². The lowest BCUT2D eigenvalue weighted by atomic mass is 9.98. The molecule has 0 aliphatic rings. The molecule has 3 N–H and O–H groups in total. The summed E-state index contributed by atoms with van der Waals surface area (Å²) in [5.41, 5.74) is 1.04. The van der Waals surface area contributed by atoms with Gasteiger partial charge in [-0.3, -0.25) is 4.79 Å². The van der Waals surface area contributed by atoms with Crippen LogP contribution in [0, 0.1) is 0 Å². The molecule has 0 aromatic heterocycles. The molecule has 43 heavy (non-hydrogen) atoms. The Balaban J connectivity index is 2.26. The van der Waals surface area contributed by atoms with Gasteiger partial charge in [-0.25, -0.2) is 4.79 Å². The van der Waals surface area contributed by atoms with Crippen molar-refractivity contribution in [2.24, 2.45) is 0 Å². The average Bonchev–Trinajstić information content (AvgIpc) is 2.98. The zero-order valence-electron chi connectivity index (χ0n) is 24.7. The maximum Gasteiger partial charge on any atom is 0.422 e. The number of methoxy groups -OCH3 is 1. The molecule has 0 aliphatic carbocycles. The van der Waals surface area contributed by atoms with Crippen molar-refractivity contribution in [1.82, 2.24) is 16.0 Å². The Labute approximate surface area is 255 Å². The summed E-state index contributed by atoms with van der Waals surface area (Å²) in [5, 5.41) is 8.93. The number of hydrogen-bond donors (Lipinski definition) is 3. The predicted molar refractivity (Wildman–Crippen MR) is 158 cm³/mol. The topological polar surface area (TPSA) is 107 Å². The summed E-state index contributed by atoms with van der Waals surface area (Å²) in [5.74, 6) is -0.645. The van der Waals surface area contributed by atoms with Crippen LogP contribution in [-0.2, 0) is 14.2 Å². The maximum absolute atomic E-state index is 13.2. The molecular formula is C30H41ClF3N3O6. The van der Waals surface area contributed by atoms with E-state index in [-0.39, 0.29) is 30.5 Å². The summed E-state index contributed by atoms with van der Waals surface area (Å²) in [6.07, 6.45) is -2.45. The van der Waals surface area contributed by atoms with Crippen LogP contribution in [0.15, 0.2) is 42.5 Å². The van der Waals surface area contributed by atoms with Crippen LogP contribution in [0.25, 0.3) is 0 Å². The Hall–Kier alpha value is -3.06. The third-order valence-corrected chi connectivity index (χ3v) is 6.52. The minimum atomic E-state index is -4.58. The van der Waals surface area contributed by atoms with Crippen LogP contribution < -0.4 is 20.7 Å². The van der Waals surface area contributed by atoms with Gasteiger partial charge in [0, 0.05) is 42.9 Å². The van der Waals surface area contributed by atoms with Gasteiger partial charge in [-0.05, 0) is 67.8 Å². The van der Waals surface area contributed by atoms with E-state index < -0.39 is 30.9 Å². The summed E-state index contributed by atoms with van der Waals surface area (Å²) >= 11 is 6.21. The summed E-state index contributed by atoms with van der Waals surface area (Å²) in [7, 11) is 3.02. The Kier molecular flexibility index (Phi) is 16.2. The number of alkyl carbamates (subject to hydrolysis) is 1. The molecule has 0 radical (unpaired) electrons. The highest BCUT2D eigenvalue weighted by molar-refractivity contribution is 6.30. The number of unbranched alkanes of at least 4 members (excludes halogenated alkanes) is 1. The lowest BCUT2D eigenvalue weighted by Gasteiger charge is -2.22. The number of rotatable bonds is 19. The first-order valence-corrected chi connectivity index (χ1v) is 14.5. The van der Waals surface area contributed by atoms with Gasteiger partial charge in [-0.2, -0.15) is 13.2 Å². The van der Waals surface area contributed by atoms with Crippen LogP contribution >= 0.6 is 11.6 Å². The number of halogens is 4. The van der Waals surface area contributed by atoms with Crippen molar-refractivity contribution in [2.45, 2.75) is 50.9 Å². The fraction of sp³-hybridized carbons (Fsp3) is 0.533. The van der Waals surface area contributed by atoms with Crippen molar-refractivity contribution >= 4 is 23.6 Å².